The van der Waals surface area contributed by atoms with Crippen molar-refractivity contribution in [1.29, 1.82) is 0 Å². The molecule has 0 N–H and O–H groups in total. The first-order valence-corrected chi connectivity index (χ1v) is 11.6. The van der Waals surface area contributed by atoms with Crippen LogP contribution in [-0.4, -0.2) is 35.5 Å². The highest BCUT2D eigenvalue weighted by Gasteiger charge is 2.52. The molecule has 1 aliphatic rings. The van der Waals surface area contributed by atoms with Gasteiger partial charge in [-0.05, 0) is 67.3 Å². The van der Waals surface area contributed by atoms with Gasteiger partial charge in [0, 0.05) is 6.54 Å². The van der Waals surface area contributed by atoms with Gasteiger partial charge in [0.25, 0.3) is 5.91 Å². The Morgan fingerprint density at radius 3 is 2.18 bits per heavy atom. The molecule has 38 heavy (non-hydrogen) atoms. The molecule has 4 rings (SSSR count). The molecule has 0 unspecified atom stereocenters. The van der Waals surface area contributed by atoms with Crippen LogP contribution in [0.15, 0.2) is 66.7 Å². The first-order valence-electron chi connectivity index (χ1n) is 11.6. The fraction of sp³-hybridized carbons (Fsp3) is 0.250. The molecule has 3 aromatic carbocycles. The largest absolute Gasteiger partial charge is 0.465 e. The lowest BCUT2D eigenvalue weighted by Crippen LogP contribution is -2.43. The van der Waals surface area contributed by atoms with Crippen LogP contribution in [0.25, 0.3) is 0 Å². The highest BCUT2D eigenvalue weighted by atomic mass is 19.4. The third kappa shape index (κ3) is 4.98. The zero-order chi connectivity index (χ0) is 27.8. The van der Waals surface area contributed by atoms with E-state index in [0.29, 0.717) is 29.0 Å². The lowest BCUT2D eigenvalue weighted by Gasteiger charge is -2.28. The number of ether oxygens (including phenoxy) is 1. The van der Waals surface area contributed by atoms with Gasteiger partial charge in [0.15, 0.2) is 0 Å². The molecule has 10 heteroatoms. The summed E-state index contributed by atoms with van der Waals surface area (Å²) in [6.07, 6.45) is -4.53. The van der Waals surface area contributed by atoms with Gasteiger partial charge in [0.05, 0.1) is 23.9 Å². The van der Waals surface area contributed by atoms with Crippen LogP contribution >= 0.6 is 0 Å². The van der Waals surface area contributed by atoms with Crippen molar-refractivity contribution in [3.05, 3.63) is 100 Å². The molecule has 0 saturated carbocycles. The topological polar surface area (TPSA) is 66.9 Å². The first kappa shape index (κ1) is 26.8. The zero-order valence-electron chi connectivity index (χ0n) is 20.8. The second-order valence-electron chi connectivity index (χ2n) is 9.36. The van der Waals surface area contributed by atoms with Crippen LogP contribution < -0.4 is 4.90 Å². The Hall–Kier alpha value is -4.21. The van der Waals surface area contributed by atoms with Gasteiger partial charge < -0.3 is 9.64 Å². The smallest absolute Gasteiger partial charge is 0.419 e. The van der Waals surface area contributed by atoms with Gasteiger partial charge in [-0.3, -0.25) is 4.79 Å². The summed E-state index contributed by atoms with van der Waals surface area (Å²) < 4.78 is 58.3. The molecule has 0 atom stereocenters. The Morgan fingerprint density at radius 2 is 1.58 bits per heavy atom. The molecule has 1 saturated heterocycles. The van der Waals surface area contributed by atoms with E-state index in [4.69, 9.17) is 4.74 Å². The monoisotopic (exact) mass is 528 g/mol. The number of benzene rings is 3. The zero-order valence-corrected chi connectivity index (χ0v) is 20.8. The van der Waals surface area contributed by atoms with Gasteiger partial charge in [-0.15, -0.1) is 0 Å². The molecule has 3 aromatic rings. The Labute approximate surface area is 216 Å². The summed E-state index contributed by atoms with van der Waals surface area (Å²) >= 11 is 0. The molecule has 6 nitrogen and oxygen atoms in total. The number of urea groups is 1. The number of anilines is 1. The maximum atomic E-state index is 13.8. The van der Waals surface area contributed by atoms with Crippen LogP contribution in [0.5, 0.6) is 0 Å². The predicted octanol–water partition coefficient (Wildman–Crippen LogP) is 5.97. The van der Waals surface area contributed by atoms with E-state index >= 15 is 0 Å². The molecule has 0 aliphatic carbocycles. The van der Waals surface area contributed by atoms with E-state index in [1.807, 2.05) is 12.1 Å². The number of alkyl halides is 3. The number of imide groups is 1. The molecule has 198 valence electrons. The van der Waals surface area contributed by atoms with Crippen molar-refractivity contribution in [2.24, 2.45) is 0 Å². The fourth-order valence-electron chi connectivity index (χ4n) is 4.35. The quantitative estimate of drug-likeness (QED) is 0.225. The number of methoxy groups -OCH3 is 1. The van der Waals surface area contributed by atoms with E-state index in [-0.39, 0.29) is 12.2 Å². The van der Waals surface area contributed by atoms with E-state index in [1.54, 1.807) is 36.4 Å². The van der Waals surface area contributed by atoms with Crippen LogP contribution in [0.4, 0.5) is 28.0 Å². The van der Waals surface area contributed by atoms with Gasteiger partial charge >= 0.3 is 18.2 Å². The summed E-state index contributed by atoms with van der Waals surface area (Å²) in [5.74, 6) is -2.67. The molecule has 3 amide bonds. The second-order valence-corrected chi connectivity index (χ2v) is 9.36. The number of esters is 1. The minimum Gasteiger partial charge on any atom is -0.465 e. The molecule has 1 fully saturated rings. The summed E-state index contributed by atoms with van der Waals surface area (Å²) in [4.78, 5) is 40.3. The molecule has 1 heterocycles. The average molecular weight is 529 g/mol. The molecule has 0 aromatic heterocycles. The van der Waals surface area contributed by atoms with Crippen molar-refractivity contribution < 1.29 is 36.7 Å². The molecular formula is C28H24F4N2O4. The minimum absolute atomic E-state index is 0.0117. The summed E-state index contributed by atoms with van der Waals surface area (Å²) in [7, 11) is 1.30. The molecular weight excluding hydrogens is 504 g/mol. The predicted molar refractivity (Wildman–Crippen MR) is 131 cm³/mol. The normalized spacial score (nSPS) is 15.2. The number of hydrogen-bond acceptors (Lipinski definition) is 4. The number of carbonyl (C=O) groups is 3. The number of nitrogens with zero attached hydrogens (tertiary/aromatic N) is 2. The highest BCUT2D eigenvalue weighted by molar-refractivity contribution is 6.23. The van der Waals surface area contributed by atoms with E-state index in [1.165, 1.54) is 25.9 Å². The number of carbonyl (C=O) groups excluding carboxylic acids is 3. The van der Waals surface area contributed by atoms with Crippen LogP contribution in [0.1, 0.15) is 46.5 Å². The lowest BCUT2D eigenvalue weighted by molar-refractivity contribution is -0.140. The third-order valence-electron chi connectivity index (χ3n) is 6.55. The van der Waals surface area contributed by atoms with Crippen LogP contribution in [0.3, 0.4) is 0 Å². The van der Waals surface area contributed by atoms with Crippen molar-refractivity contribution in [3.8, 4) is 0 Å². The Balaban J connectivity index is 1.62. The van der Waals surface area contributed by atoms with Crippen molar-refractivity contribution in [1.82, 2.24) is 4.90 Å². The van der Waals surface area contributed by atoms with E-state index in [9.17, 15) is 31.9 Å². The maximum Gasteiger partial charge on any atom is 0.419 e. The summed E-state index contributed by atoms with van der Waals surface area (Å²) in [6.45, 7) is 3.03. The first-order chi connectivity index (χ1) is 17.8. The lowest BCUT2D eigenvalue weighted by atomic mass is 9.97. The molecule has 1 aliphatic heterocycles. The molecule has 0 radical (unpaired) electrons. The SMILES string of the molecule is COC(=O)c1ccc(Cc2ccccc2CN2C(=O)N(c3ccc(F)c(C(F)(F)F)c3)C(=O)C2(C)C)cc1. The van der Waals surface area contributed by atoms with Gasteiger partial charge in [0.2, 0.25) is 0 Å². The summed E-state index contributed by atoms with van der Waals surface area (Å²) in [5.41, 5.74) is -0.412. The van der Waals surface area contributed by atoms with E-state index in [0.717, 1.165) is 22.8 Å². The van der Waals surface area contributed by atoms with Gasteiger partial charge in [0.1, 0.15) is 11.4 Å². The Bertz CT molecular complexity index is 1400. The van der Waals surface area contributed by atoms with Crippen LogP contribution in [-0.2, 0) is 28.7 Å². The van der Waals surface area contributed by atoms with Crippen LogP contribution in [0, 0.1) is 5.82 Å². The van der Waals surface area contributed by atoms with Gasteiger partial charge in [-0.1, -0.05) is 36.4 Å². The van der Waals surface area contributed by atoms with Crippen molar-refractivity contribution >= 4 is 23.6 Å². The van der Waals surface area contributed by atoms with E-state index < -0.39 is 41.0 Å². The Kier molecular flexibility index (Phi) is 7.01. The second kappa shape index (κ2) is 9.92. The highest BCUT2D eigenvalue weighted by Crippen LogP contribution is 2.38. The number of halogens is 4. The fourth-order valence-corrected chi connectivity index (χ4v) is 4.35. The van der Waals surface area contributed by atoms with E-state index in [2.05, 4.69) is 0 Å². The van der Waals surface area contributed by atoms with Gasteiger partial charge in [-0.2, -0.15) is 13.2 Å². The third-order valence-corrected chi connectivity index (χ3v) is 6.55. The minimum atomic E-state index is -4.99. The van der Waals surface area contributed by atoms with Crippen LogP contribution in [0.2, 0.25) is 0 Å². The maximum absolute atomic E-state index is 13.8. The number of rotatable bonds is 6. The average Bonchev–Trinajstić information content (AvgIpc) is 3.04. The van der Waals surface area contributed by atoms with Crippen molar-refractivity contribution in [2.75, 3.05) is 12.0 Å². The van der Waals surface area contributed by atoms with Gasteiger partial charge in [-0.25, -0.2) is 18.9 Å². The summed E-state index contributed by atoms with van der Waals surface area (Å²) in [6, 6.07) is 15.4. The number of hydrogen-bond donors (Lipinski definition) is 0. The molecule has 0 spiro atoms. The molecule has 0 bridgehead atoms. The number of amides is 3. The summed E-state index contributed by atoms with van der Waals surface area (Å²) in [5, 5.41) is 0. The standard InChI is InChI=1S/C28H24F4N2O4/c1-27(2)25(36)34(21-12-13-23(29)22(15-21)28(30,31)32)26(37)33(27)16-20-7-5-4-6-19(20)14-17-8-10-18(11-9-17)24(35)38-3/h4-13,15H,14,16H2,1-3H3. The Morgan fingerprint density at radius 1 is 0.947 bits per heavy atom. The van der Waals surface area contributed by atoms with Crippen molar-refractivity contribution in [3.63, 3.8) is 0 Å². The van der Waals surface area contributed by atoms with Crippen molar-refractivity contribution in [2.45, 2.75) is 38.5 Å².